The molecule has 1 heterocycles. The Labute approximate surface area is 170 Å². The molecule has 3 rings (SSSR count). The van der Waals surface area contributed by atoms with Gasteiger partial charge in [0.2, 0.25) is 0 Å². The average Bonchev–Trinajstić information content (AvgIpc) is 2.73. The third-order valence-corrected chi connectivity index (χ3v) is 4.52. The Morgan fingerprint density at radius 1 is 0.931 bits per heavy atom. The maximum Gasteiger partial charge on any atom is 0.338 e. The van der Waals surface area contributed by atoms with Gasteiger partial charge in [0, 0.05) is 24.0 Å². The summed E-state index contributed by atoms with van der Waals surface area (Å²) in [6.45, 7) is 6.31. The molecule has 0 fully saturated rings. The first-order valence-corrected chi connectivity index (χ1v) is 9.55. The van der Waals surface area contributed by atoms with Crippen LogP contribution in [0.4, 0.5) is 0 Å². The van der Waals surface area contributed by atoms with Crippen molar-refractivity contribution >= 4 is 11.9 Å². The Hall–Kier alpha value is -3.47. The maximum atomic E-state index is 12.8. The molecule has 0 aliphatic heterocycles. The molecule has 0 atom stereocenters. The normalized spacial score (nSPS) is 10.4. The molecule has 0 unspecified atom stereocenters. The second-order valence-corrected chi connectivity index (χ2v) is 6.88. The van der Waals surface area contributed by atoms with E-state index in [1.165, 1.54) is 0 Å². The summed E-state index contributed by atoms with van der Waals surface area (Å²) in [4.78, 5) is 29.3. The Bertz CT molecular complexity index is 1010. The molecule has 1 N–H and O–H groups in total. The number of carbonyl (C=O) groups is 2. The Balaban J connectivity index is 1.89. The first-order chi connectivity index (χ1) is 14.0. The summed E-state index contributed by atoms with van der Waals surface area (Å²) in [6.07, 6.45) is 1.74. The van der Waals surface area contributed by atoms with Gasteiger partial charge in [0.05, 0.1) is 12.2 Å². The minimum atomic E-state index is -0.446. The summed E-state index contributed by atoms with van der Waals surface area (Å²) < 4.78 is 5.13. The lowest BCUT2D eigenvalue weighted by atomic mass is 9.98. The Kier molecular flexibility index (Phi) is 6.39. The highest BCUT2D eigenvalue weighted by molar-refractivity contribution is 5.99. The molecular weight excluding hydrogens is 364 g/mol. The highest BCUT2D eigenvalue weighted by Gasteiger charge is 2.15. The number of amides is 1. The van der Waals surface area contributed by atoms with E-state index in [2.05, 4.69) is 10.3 Å². The minimum Gasteiger partial charge on any atom is -0.462 e. The van der Waals surface area contributed by atoms with Crippen molar-refractivity contribution in [3.05, 3.63) is 88.7 Å². The number of esters is 1. The molecule has 0 bridgehead atoms. The van der Waals surface area contributed by atoms with Crippen molar-refractivity contribution in [3.8, 4) is 11.1 Å². The van der Waals surface area contributed by atoms with E-state index in [1.54, 1.807) is 31.3 Å². The van der Waals surface area contributed by atoms with Crippen LogP contribution in [0.2, 0.25) is 0 Å². The number of benzene rings is 2. The molecular formula is C24H24N2O3. The van der Waals surface area contributed by atoms with E-state index in [9.17, 15) is 9.59 Å². The lowest BCUT2D eigenvalue weighted by Gasteiger charge is -2.11. The predicted octanol–water partition coefficient (Wildman–Crippen LogP) is 4.47. The molecule has 3 aromatic rings. The van der Waals surface area contributed by atoms with E-state index in [0.29, 0.717) is 17.7 Å². The molecule has 0 saturated heterocycles. The first-order valence-electron chi connectivity index (χ1n) is 9.55. The van der Waals surface area contributed by atoms with Crippen molar-refractivity contribution < 1.29 is 14.3 Å². The molecule has 5 nitrogen and oxygen atoms in total. The Morgan fingerprint density at radius 2 is 1.66 bits per heavy atom. The van der Waals surface area contributed by atoms with Gasteiger partial charge in [-0.05, 0) is 61.7 Å². The molecule has 0 aliphatic rings. The summed E-state index contributed by atoms with van der Waals surface area (Å²) in [5, 5.41) is 2.89. The van der Waals surface area contributed by atoms with Crippen LogP contribution >= 0.6 is 0 Å². The third-order valence-electron chi connectivity index (χ3n) is 4.52. The average molecular weight is 388 g/mol. The van der Waals surface area contributed by atoms with Crippen LogP contribution in [0.3, 0.4) is 0 Å². The number of hydrogen-bond acceptors (Lipinski definition) is 4. The highest BCUT2D eigenvalue weighted by atomic mass is 16.5. The largest absolute Gasteiger partial charge is 0.462 e. The fourth-order valence-electron chi connectivity index (χ4n) is 2.89. The van der Waals surface area contributed by atoms with Gasteiger partial charge in [-0.1, -0.05) is 35.9 Å². The third kappa shape index (κ3) is 5.29. The summed E-state index contributed by atoms with van der Waals surface area (Å²) in [6, 6.07) is 16.9. The Morgan fingerprint density at radius 3 is 2.31 bits per heavy atom. The maximum absolute atomic E-state index is 12.8. The summed E-state index contributed by atoms with van der Waals surface area (Å²) in [5.41, 5.74) is 5.45. The zero-order chi connectivity index (χ0) is 20.8. The molecule has 148 valence electrons. The standard InChI is InChI=1S/C24H24N2O3/c1-4-29-24(28)22-12-20(19-9-5-16(2)6-10-19)11-21(13-22)23(27)26-15-18-8-7-17(3)25-14-18/h5-14H,4,15H2,1-3H3,(H,26,27). The van der Waals surface area contributed by atoms with E-state index >= 15 is 0 Å². The van der Waals surface area contributed by atoms with Crippen LogP contribution in [-0.2, 0) is 11.3 Å². The number of aryl methyl sites for hydroxylation is 2. The van der Waals surface area contributed by atoms with Crippen molar-refractivity contribution in [2.45, 2.75) is 27.3 Å². The van der Waals surface area contributed by atoms with E-state index in [4.69, 9.17) is 4.74 Å². The molecule has 0 spiro atoms. The van der Waals surface area contributed by atoms with Crippen LogP contribution in [0.5, 0.6) is 0 Å². The van der Waals surface area contributed by atoms with Gasteiger partial charge in [-0.3, -0.25) is 9.78 Å². The molecule has 0 aliphatic carbocycles. The van der Waals surface area contributed by atoms with Gasteiger partial charge in [0.25, 0.3) is 5.91 Å². The van der Waals surface area contributed by atoms with Crippen molar-refractivity contribution in [1.82, 2.24) is 10.3 Å². The van der Waals surface area contributed by atoms with Gasteiger partial charge < -0.3 is 10.1 Å². The quantitative estimate of drug-likeness (QED) is 0.633. The van der Waals surface area contributed by atoms with Gasteiger partial charge in [-0.25, -0.2) is 4.79 Å². The number of pyridine rings is 1. The number of rotatable bonds is 6. The number of nitrogens with one attached hydrogen (secondary N) is 1. The SMILES string of the molecule is CCOC(=O)c1cc(C(=O)NCc2ccc(C)nc2)cc(-c2ccc(C)cc2)c1. The van der Waals surface area contributed by atoms with E-state index in [0.717, 1.165) is 27.9 Å². The molecule has 0 saturated carbocycles. The number of hydrogen-bond donors (Lipinski definition) is 1. The molecule has 2 aromatic carbocycles. The van der Waals surface area contributed by atoms with Crippen molar-refractivity contribution in [1.29, 1.82) is 0 Å². The van der Waals surface area contributed by atoms with Crippen LogP contribution in [0.25, 0.3) is 11.1 Å². The number of nitrogens with zero attached hydrogens (tertiary/aromatic N) is 1. The second kappa shape index (κ2) is 9.15. The molecule has 29 heavy (non-hydrogen) atoms. The first kappa shape index (κ1) is 20.3. The zero-order valence-corrected chi connectivity index (χ0v) is 16.9. The summed E-state index contributed by atoms with van der Waals surface area (Å²) in [7, 11) is 0. The molecule has 1 amide bonds. The molecule has 0 radical (unpaired) electrons. The van der Waals surface area contributed by atoms with E-state index in [-0.39, 0.29) is 12.5 Å². The summed E-state index contributed by atoms with van der Waals surface area (Å²) >= 11 is 0. The lowest BCUT2D eigenvalue weighted by molar-refractivity contribution is 0.0526. The smallest absolute Gasteiger partial charge is 0.338 e. The molecule has 1 aromatic heterocycles. The summed E-state index contributed by atoms with van der Waals surface area (Å²) in [5.74, 6) is -0.705. The van der Waals surface area contributed by atoms with Crippen molar-refractivity contribution in [2.24, 2.45) is 0 Å². The van der Waals surface area contributed by atoms with Crippen LogP contribution in [0.1, 0.15) is 44.5 Å². The van der Waals surface area contributed by atoms with Crippen molar-refractivity contribution in [2.75, 3.05) is 6.61 Å². The number of ether oxygens (including phenoxy) is 1. The van der Waals surface area contributed by atoms with Crippen LogP contribution < -0.4 is 5.32 Å². The predicted molar refractivity (Wildman–Crippen MR) is 113 cm³/mol. The van der Waals surface area contributed by atoms with Crippen LogP contribution in [-0.4, -0.2) is 23.5 Å². The lowest BCUT2D eigenvalue weighted by Crippen LogP contribution is -2.23. The van der Waals surface area contributed by atoms with E-state index in [1.807, 2.05) is 50.2 Å². The number of carbonyl (C=O) groups excluding carboxylic acids is 2. The fourth-order valence-corrected chi connectivity index (χ4v) is 2.89. The minimum absolute atomic E-state index is 0.259. The fraction of sp³-hybridized carbons (Fsp3) is 0.208. The van der Waals surface area contributed by atoms with Gasteiger partial charge in [-0.2, -0.15) is 0 Å². The van der Waals surface area contributed by atoms with Gasteiger partial charge in [0.15, 0.2) is 0 Å². The topological polar surface area (TPSA) is 68.3 Å². The van der Waals surface area contributed by atoms with Crippen molar-refractivity contribution in [3.63, 3.8) is 0 Å². The second-order valence-electron chi connectivity index (χ2n) is 6.88. The van der Waals surface area contributed by atoms with Gasteiger partial charge >= 0.3 is 5.97 Å². The van der Waals surface area contributed by atoms with Gasteiger partial charge in [-0.15, -0.1) is 0 Å². The highest BCUT2D eigenvalue weighted by Crippen LogP contribution is 2.24. The van der Waals surface area contributed by atoms with Gasteiger partial charge in [0.1, 0.15) is 0 Å². The van der Waals surface area contributed by atoms with Crippen LogP contribution in [0, 0.1) is 13.8 Å². The number of aromatic nitrogens is 1. The monoisotopic (exact) mass is 388 g/mol. The molecule has 5 heteroatoms. The zero-order valence-electron chi connectivity index (χ0n) is 16.9. The van der Waals surface area contributed by atoms with E-state index < -0.39 is 5.97 Å². The van der Waals surface area contributed by atoms with Crippen LogP contribution in [0.15, 0.2) is 60.8 Å².